The molecule has 7 nitrogen and oxygen atoms in total. The first-order valence-electron chi connectivity index (χ1n) is 9.53. The Morgan fingerprint density at radius 3 is 2.93 bits per heavy atom. The SMILES string of the molecule is CCc1noc(CN(C)C(=O)C2CC(=O)N(c3ccc4c(c3)CCC4)C2)n1. The van der Waals surface area contributed by atoms with Gasteiger partial charge < -0.3 is 14.3 Å². The Bertz CT molecular complexity index is 876. The van der Waals surface area contributed by atoms with Crippen LogP contribution in [0.5, 0.6) is 0 Å². The second-order valence-electron chi connectivity index (χ2n) is 7.36. The zero-order valence-corrected chi connectivity index (χ0v) is 15.8. The summed E-state index contributed by atoms with van der Waals surface area (Å²) in [6, 6.07) is 6.23. The highest BCUT2D eigenvalue weighted by atomic mass is 16.5. The molecule has 2 aliphatic rings. The molecule has 7 heteroatoms. The van der Waals surface area contributed by atoms with Gasteiger partial charge in [0.15, 0.2) is 5.82 Å². The summed E-state index contributed by atoms with van der Waals surface area (Å²) in [6.07, 6.45) is 4.29. The maximum absolute atomic E-state index is 12.8. The molecule has 1 aromatic heterocycles. The summed E-state index contributed by atoms with van der Waals surface area (Å²) >= 11 is 0. The molecule has 0 radical (unpaired) electrons. The van der Waals surface area contributed by atoms with Crippen molar-refractivity contribution in [1.82, 2.24) is 15.0 Å². The van der Waals surface area contributed by atoms with Crippen LogP contribution in [-0.4, -0.2) is 40.4 Å². The lowest BCUT2D eigenvalue weighted by Crippen LogP contribution is -2.34. The van der Waals surface area contributed by atoms with Gasteiger partial charge in [0.25, 0.3) is 0 Å². The molecule has 2 aromatic rings. The van der Waals surface area contributed by atoms with Gasteiger partial charge in [0.1, 0.15) is 0 Å². The standard InChI is InChI=1S/C20H24N4O3/c1-3-17-21-18(27-22-17)12-23(2)20(26)15-10-19(25)24(11-15)16-8-7-13-5-4-6-14(13)9-16/h7-9,15H,3-6,10-12H2,1-2H3. The number of carbonyl (C=O) groups excluding carboxylic acids is 2. The van der Waals surface area contributed by atoms with Gasteiger partial charge in [0.2, 0.25) is 17.7 Å². The van der Waals surface area contributed by atoms with Crippen LogP contribution in [0.15, 0.2) is 22.7 Å². The minimum absolute atomic E-state index is 0.00533. The average Bonchev–Trinajstić information content (AvgIpc) is 3.39. The third-order valence-electron chi connectivity index (χ3n) is 5.44. The van der Waals surface area contributed by atoms with Gasteiger partial charge in [0, 0.05) is 32.1 Å². The quantitative estimate of drug-likeness (QED) is 0.808. The van der Waals surface area contributed by atoms with Gasteiger partial charge in [-0.2, -0.15) is 4.98 Å². The van der Waals surface area contributed by atoms with Crippen LogP contribution in [0, 0.1) is 5.92 Å². The third kappa shape index (κ3) is 3.46. The van der Waals surface area contributed by atoms with E-state index in [1.807, 2.05) is 13.0 Å². The van der Waals surface area contributed by atoms with Crippen molar-refractivity contribution in [2.24, 2.45) is 5.92 Å². The lowest BCUT2D eigenvalue weighted by atomic mass is 10.1. The number of fused-ring (bicyclic) bond motifs is 1. The maximum atomic E-state index is 12.8. The molecule has 0 bridgehead atoms. The molecule has 142 valence electrons. The predicted molar refractivity (Wildman–Crippen MR) is 99.1 cm³/mol. The van der Waals surface area contributed by atoms with E-state index in [4.69, 9.17) is 4.52 Å². The largest absolute Gasteiger partial charge is 0.337 e. The number of carbonyl (C=O) groups is 2. The van der Waals surface area contributed by atoms with E-state index in [0.717, 1.165) is 18.5 Å². The molecule has 2 amide bonds. The fraction of sp³-hybridized carbons (Fsp3) is 0.500. The monoisotopic (exact) mass is 368 g/mol. The van der Waals surface area contributed by atoms with E-state index in [2.05, 4.69) is 22.3 Å². The van der Waals surface area contributed by atoms with Gasteiger partial charge in [-0.15, -0.1) is 0 Å². The summed E-state index contributed by atoms with van der Waals surface area (Å²) < 4.78 is 5.16. The maximum Gasteiger partial charge on any atom is 0.246 e. The van der Waals surface area contributed by atoms with E-state index < -0.39 is 0 Å². The summed E-state index contributed by atoms with van der Waals surface area (Å²) in [4.78, 5) is 32.9. The first-order chi connectivity index (χ1) is 13.0. The normalized spacial score (nSPS) is 18.8. The van der Waals surface area contributed by atoms with Gasteiger partial charge >= 0.3 is 0 Å². The second-order valence-corrected chi connectivity index (χ2v) is 7.36. The van der Waals surface area contributed by atoms with Crippen molar-refractivity contribution < 1.29 is 14.1 Å². The van der Waals surface area contributed by atoms with Crippen molar-refractivity contribution in [3.8, 4) is 0 Å². The van der Waals surface area contributed by atoms with Crippen LogP contribution in [0.3, 0.4) is 0 Å². The lowest BCUT2D eigenvalue weighted by Gasteiger charge is -2.20. The summed E-state index contributed by atoms with van der Waals surface area (Å²) in [5.41, 5.74) is 3.61. The Kier molecular flexibility index (Phi) is 4.68. The molecule has 4 rings (SSSR count). The lowest BCUT2D eigenvalue weighted by molar-refractivity contribution is -0.135. The predicted octanol–water partition coefficient (Wildman–Crippen LogP) is 2.13. The molecule has 2 heterocycles. The minimum Gasteiger partial charge on any atom is -0.337 e. The minimum atomic E-state index is -0.343. The van der Waals surface area contributed by atoms with E-state index in [1.165, 1.54) is 17.5 Å². The number of benzene rings is 1. The van der Waals surface area contributed by atoms with Crippen LogP contribution >= 0.6 is 0 Å². The molecule has 1 aromatic carbocycles. The first-order valence-corrected chi connectivity index (χ1v) is 9.53. The number of hydrogen-bond donors (Lipinski definition) is 0. The summed E-state index contributed by atoms with van der Waals surface area (Å²) in [5, 5.41) is 3.85. The van der Waals surface area contributed by atoms with Gasteiger partial charge in [-0.3, -0.25) is 9.59 Å². The number of amides is 2. The molecule has 1 atom stereocenters. The Morgan fingerprint density at radius 2 is 2.15 bits per heavy atom. The Balaban J connectivity index is 1.42. The van der Waals surface area contributed by atoms with Crippen molar-refractivity contribution >= 4 is 17.5 Å². The van der Waals surface area contributed by atoms with Crippen molar-refractivity contribution in [3.05, 3.63) is 41.0 Å². The molecule has 1 saturated heterocycles. The van der Waals surface area contributed by atoms with Crippen LogP contribution < -0.4 is 4.90 Å². The number of nitrogens with zero attached hydrogens (tertiary/aromatic N) is 4. The average molecular weight is 368 g/mol. The van der Waals surface area contributed by atoms with Gasteiger partial charge in [-0.05, 0) is 42.5 Å². The van der Waals surface area contributed by atoms with E-state index in [-0.39, 0.29) is 30.7 Å². The van der Waals surface area contributed by atoms with Gasteiger partial charge in [-0.1, -0.05) is 18.1 Å². The molecule has 1 fully saturated rings. The van der Waals surface area contributed by atoms with E-state index in [0.29, 0.717) is 24.7 Å². The highest BCUT2D eigenvalue weighted by Crippen LogP contribution is 2.31. The smallest absolute Gasteiger partial charge is 0.246 e. The van der Waals surface area contributed by atoms with Crippen molar-refractivity contribution in [1.29, 1.82) is 0 Å². The van der Waals surface area contributed by atoms with Crippen LogP contribution in [-0.2, 0) is 35.4 Å². The molecule has 1 unspecified atom stereocenters. The second kappa shape index (κ2) is 7.13. The summed E-state index contributed by atoms with van der Waals surface area (Å²) in [6.45, 7) is 2.63. The highest BCUT2D eigenvalue weighted by molar-refractivity contribution is 6.00. The highest BCUT2D eigenvalue weighted by Gasteiger charge is 2.37. The number of aromatic nitrogens is 2. The topological polar surface area (TPSA) is 79.5 Å². The molecule has 1 aliphatic carbocycles. The molecular formula is C20H24N4O3. The van der Waals surface area contributed by atoms with Gasteiger partial charge in [0.05, 0.1) is 12.5 Å². The molecule has 27 heavy (non-hydrogen) atoms. The Hall–Kier alpha value is -2.70. The Morgan fingerprint density at radius 1 is 1.33 bits per heavy atom. The zero-order chi connectivity index (χ0) is 19.0. The van der Waals surface area contributed by atoms with E-state index in [9.17, 15) is 9.59 Å². The van der Waals surface area contributed by atoms with E-state index >= 15 is 0 Å². The summed E-state index contributed by atoms with van der Waals surface area (Å²) in [7, 11) is 1.71. The molecule has 0 N–H and O–H groups in total. The first kappa shape index (κ1) is 17.7. The van der Waals surface area contributed by atoms with Crippen LogP contribution in [0.4, 0.5) is 5.69 Å². The van der Waals surface area contributed by atoms with Crippen molar-refractivity contribution in [2.45, 2.75) is 45.6 Å². The zero-order valence-electron chi connectivity index (χ0n) is 15.8. The van der Waals surface area contributed by atoms with Crippen molar-refractivity contribution in [3.63, 3.8) is 0 Å². The van der Waals surface area contributed by atoms with Gasteiger partial charge in [-0.25, -0.2) is 0 Å². The number of aryl methyl sites for hydroxylation is 3. The van der Waals surface area contributed by atoms with Crippen molar-refractivity contribution in [2.75, 3.05) is 18.5 Å². The summed E-state index contributed by atoms with van der Waals surface area (Å²) in [5.74, 6) is 0.644. The molecular weight excluding hydrogens is 344 g/mol. The van der Waals surface area contributed by atoms with Crippen LogP contribution in [0.25, 0.3) is 0 Å². The molecule has 1 aliphatic heterocycles. The number of anilines is 1. The Labute approximate surface area is 158 Å². The number of rotatable bonds is 5. The fourth-order valence-electron chi connectivity index (χ4n) is 3.94. The number of hydrogen-bond acceptors (Lipinski definition) is 5. The molecule has 0 spiro atoms. The van der Waals surface area contributed by atoms with E-state index in [1.54, 1.807) is 16.8 Å². The third-order valence-corrected chi connectivity index (χ3v) is 5.44. The van der Waals surface area contributed by atoms with Crippen LogP contribution in [0.2, 0.25) is 0 Å². The van der Waals surface area contributed by atoms with Crippen LogP contribution in [0.1, 0.15) is 42.6 Å². The fourth-order valence-corrected chi connectivity index (χ4v) is 3.94. The molecule has 0 saturated carbocycles.